The summed E-state index contributed by atoms with van der Waals surface area (Å²) in [6.45, 7) is 0. The van der Waals surface area contributed by atoms with Crippen LogP contribution in [0.3, 0.4) is 0 Å². The Kier molecular flexibility index (Phi) is 4.15. The van der Waals surface area contributed by atoms with E-state index in [1.54, 1.807) is 18.3 Å². The van der Waals surface area contributed by atoms with Gasteiger partial charge in [-0.25, -0.2) is 0 Å². The minimum atomic E-state index is -0.992. The summed E-state index contributed by atoms with van der Waals surface area (Å²) in [6, 6.07) is 7.19. The quantitative estimate of drug-likeness (QED) is 0.769. The summed E-state index contributed by atoms with van der Waals surface area (Å²) in [5.41, 5.74) is 7.01. The Bertz CT molecular complexity index is 344. The molecule has 1 aromatic rings. The van der Waals surface area contributed by atoms with E-state index >= 15 is 0 Å². The molecule has 4 heteroatoms. The van der Waals surface area contributed by atoms with Crippen LogP contribution < -0.4 is 5.73 Å². The summed E-state index contributed by atoms with van der Waals surface area (Å²) in [5, 5.41) is 10.1. The number of aliphatic hydroxyl groups is 1. The minimum absolute atomic E-state index is 0.662. The van der Waals surface area contributed by atoms with Gasteiger partial charge in [-0.15, -0.1) is 0 Å². The highest BCUT2D eigenvalue weighted by Crippen LogP contribution is 2.19. The Morgan fingerprint density at radius 2 is 1.93 bits per heavy atom. The van der Waals surface area contributed by atoms with E-state index in [1.807, 2.05) is 31.1 Å². The molecule has 1 aromatic carbocycles. The molecule has 0 spiro atoms. The number of hydrogen-bond acceptors (Lipinski definition) is 3. The van der Waals surface area contributed by atoms with Crippen LogP contribution in [0.15, 0.2) is 30.5 Å². The van der Waals surface area contributed by atoms with Crippen molar-refractivity contribution >= 4 is 17.2 Å². The third kappa shape index (κ3) is 3.55. The van der Waals surface area contributed by atoms with Crippen LogP contribution in [0, 0.1) is 0 Å². The maximum absolute atomic E-state index is 9.43. The van der Waals surface area contributed by atoms with Crippen molar-refractivity contribution in [1.29, 1.82) is 0 Å². The number of nitrogens with zero attached hydrogens (tertiary/aromatic N) is 1. The van der Waals surface area contributed by atoms with E-state index in [-0.39, 0.29) is 0 Å². The molecule has 0 aromatic heterocycles. The lowest BCUT2D eigenvalue weighted by atomic mass is 10.1. The fourth-order valence-corrected chi connectivity index (χ4v) is 1.37. The van der Waals surface area contributed by atoms with Gasteiger partial charge in [-0.1, -0.05) is 23.7 Å². The average molecular weight is 227 g/mol. The molecule has 0 radical (unpaired) electrons. The predicted molar refractivity (Wildman–Crippen MR) is 63.3 cm³/mol. The van der Waals surface area contributed by atoms with Crippen molar-refractivity contribution in [3.63, 3.8) is 0 Å². The molecule has 82 valence electrons. The first kappa shape index (κ1) is 12.0. The van der Waals surface area contributed by atoms with Crippen LogP contribution in [0.2, 0.25) is 5.02 Å². The van der Waals surface area contributed by atoms with Gasteiger partial charge in [0.1, 0.15) is 6.23 Å². The zero-order valence-electron chi connectivity index (χ0n) is 8.81. The summed E-state index contributed by atoms with van der Waals surface area (Å²) in [7, 11) is 3.75. The maximum atomic E-state index is 9.43. The van der Waals surface area contributed by atoms with Gasteiger partial charge in [0, 0.05) is 30.9 Å². The second kappa shape index (κ2) is 5.16. The van der Waals surface area contributed by atoms with Crippen molar-refractivity contribution in [2.75, 3.05) is 14.1 Å². The monoisotopic (exact) mass is 226 g/mol. The average Bonchev–Trinajstić information content (AvgIpc) is 2.15. The number of rotatable bonds is 3. The van der Waals surface area contributed by atoms with Crippen LogP contribution in [-0.4, -0.2) is 30.3 Å². The third-order valence-electron chi connectivity index (χ3n) is 1.89. The van der Waals surface area contributed by atoms with Crippen LogP contribution >= 0.6 is 11.6 Å². The molecule has 3 N–H and O–H groups in total. The highest BCUT2D eigenvalue weighted by atomic mass is 35.5. The van der Waals surface area contributed by atoms with Crippen molar-refractivity contribution in [1.82, 2.24) is 4.90 Å². The van der Waals surface area contributed by atoms with Gasteiger partial charge in [-0.05, 0) is 17.7 Å². The van der Waals surface area contributed by atoms with E-state index in [9.17, 15) is 5.11 Å². The molecule has 3 nitrogen and oxygen atoms in total. The first-order chi connectivity index (χ1) is 7.00. The van der Waals surface area contributed by atoms with E-state index in [0.717, 1.165) is 5.56 Å². The van der Waals surface area contributed by atoms with Gasteiger partial charge in [-0.2, -0.15) is 0 Å². The highest BCUT2D eigenvalue weighted by Gasteiger charge is 2.08. The minimum Gasteiger partial charge on any atom is -0.383 e. The smallest absolute Gasteiger partial charge is 0.130 e. The van der Waals surface area contributed by atoms with Gasteiger partial charge in [0.2, 0.25) is 0 Å². The zero-order chi connectivity index (χ0) is 11.4. The third-order valence-corrected chi connectivity index (χ3v) is 2.15. The van der Waals surface area contributed by atoms with Crippen molar-refractivity contribution < 1.29 is 5.11 Å². The zero-order valence-corrected chi connectivity index (χ0v) is 9.57. The molecule has 1 rings (SSSR count). The number of benzene rings is 1. The number of halogens is 1. The van der Waals surface area contributed by atoms with Crippen molar-refractivity contribution in [2.45, 2.75) is 6.23 Å². The Morgan fingerprint density at radius 3 is 2.33 bits per heavy atom. The van der Waals surface area contributed by atoms with Gasteiger partial charge in [-0.3, -0.25) is 0 Å². The largest absolute Gasteiger partial charge is 0.383 e. The standard InChI is InChI=1S/C11H15ClN2O/c1-14(2)7-10(11(13)15)8-3-5-9(12)6-4-8/h3-7,11,15H,13H2,1-2H3/b10-7-/t11-/m1/s1. The Balaban J connectivity index is 3.05. The van der Waals surface area contributed by atoms with Crippen LogP contribution in [0.1, 0.15) is 5.56 Å². The summed E-state index contributed by atoms with van der Waals surface area (Å²) < 4.78 is 0. The topological polar surface area (TPSA) is 49.5 Å². The molecule has 0 aliphatic rings. The molecule has 15 heavy (non-hydrogen) atoms. The van der Waals surface area contributed by atoms with E-state index in [2.05, 4.69) is 0 Å². The maximum Gasteiger partial charge on any atom is 0.130 e. The van der Waals surface area contributed by atoms with Gasteiger partial charge in [0.05, 0.1) is 0 Å². The van der Waals surface area contributed by atoms with Crippen LogP contribution in [0.5, 0.6) is 0 Å². The molecule has 0 amide bonds. The van der Waals surface area contributed by atoms with Gasteiger partial charge < -0.3 is 15.7 Å². The first-order valence-electron chi connectivity index (χ1n) is 4.58. The fraction of sp³-hybridized carbons (Fsp3) is 0.273. The molecule has 0 saturated heterocycles. The van der Waals surface area contributed by atoms with Crippen LogP contribution in [-0.2, 0) is 0 Å². The second-order valence-electron chi connectivity index (χ2n) is 3.50. The molecular formula is C11H15ClN2O. The van der Waals surface area contributed by atoms with Crippen molar-refractivity contribution in [3.05, 3.63) is 41.1 Å². The molecule has 0 aliphatic heterocycles. The van der Waals surface area contributed by atoms with Gasteiger partial charge >= 0.3 is 0 Å². The lowest BCUT2D eigenvalue weighted by Gasteiger charge is -2.14. The number of nitrogens with two attached hydrogens (primary N) is 1. The summed E-state index contributed by atoms with van der Waals surface area (Å²) >= 11 is 5.78. The van der Waals surface area contributed by atoms with Crippen LogP contribution in [0.4, 0.5) is 0 Å². The highest BCUT2D eigenvalue weighted by molar-refractivity contribution is 6.30. The van der Waals surface area contributed by atoms with E-state index in [4.69, 9.17) is 17.3 Å². The van der Waals surface area contributed by atoms with Crippen molar-refractivity contribution in [3.8, 4) is 0 Å². The normalized spacial score (nSPS) is 13.8. The predicted octanol–water partition coefficient (Wildman–Crippen LogP) is 1.52. The summed E-state index contributed by atoms with van der Waals surface area (Å²) in [4.78, 5) is 1.83. The fourth-order valence-electron chi connectivity index (χ4n) is 1.24. The van der Waals surface area contributed by atoms with E-state index in [1.165, 1.54) is 0 Å². The first-order valence-corrected chi connectivity index (χ1v) is 4.96. The molecule has 0 heterocycles. The Hall–Kier alpha value is -1.03. The lowest BCUT2D eigenvalue weighted by Crippen LogP contribution is -2.22. The van der Waals surface area contributed by atoms with Gasteiger partial charge in [0.25, 0.3) is 0 Å². The summed E-state index contributed by atoms with van der Waals surface area (Å²) in [6.07, 6.45) is 0.794. The molecule has 0 saturated carbocycles. The number of aliphatic hydroxyl groups excluding tert-OH is 1. The van der Waals surface area contributed by atoms with Crippen molar-refractivity contribution in [2.24, 2.45) is 5.73 Å². The summed E-state index contributed by atoms with van der Waals surface area (Å²) in [5.74, 6) is 0. The molecule has 0 aliphatic carbocycles. The van der Waals surface area contributed by atoms with E-state index in [0.29, 0.717) is 10.6 Å². The lowest BCUT2D eigenvalue weighted by molar-refractivity contribution is 0.239. The molecule has 1 atom stereocenters. The number of hydrogen-bond donors (Lipinski definition) is 2. The van der Waals surface area contributed by atoms with Gasteiger partial charge in [0.15, 0.2) is 0 Å². The Labute approximate surface area is 94.8 Å². The molecule has 0 unspecified atom stereocenters. The molecular weight excluding hydrogens is 212 g/mol. The second-order valence-corrected chi connectivity index (χ2v) is 3.94. The molecule has 0 bridgehead atoms. The van der Waals surface area contributed by atoms with E-state index < -0.39 is 6.23 Å². The van der Waals surface area contributed by atoms with Crippen LogP contribution in [0.25, 0.3) is 5.57 Å². The Morgan fingerprint density at radius 1 is 1.40 bits per heavy atom. The SMILES string of the molecule is CN(C)/C=C(/c1ccc(Cl)cc1)[C@H](N)O. The molecule has 0 fully saturated rings.